The molecule has 0 aliphatic carbocycles. The molecule has 0 radical (unpaired) electrons. The Morgan fingerprint density at radius 3 is 1.11 bits per heavy atom. The maximum Gasteiger partial charge on any atom is 0.305 e. The zero-order chi connectivity index (χ0) is 46.5. The van der Waals surface area contributed by atoms with Crippen molar-refractivity contribution in [2.75, 3.05) is 13.2 Å². The molecule has 6 heteroatoms. The molecule has 3 N–H and O–H groups in total. The molecule has 0 saturated heterocycles. The number of nitrogens with one attached hydrogen (secondary N) is 1. The first-order valence-corrected chi connectivity index (χ1v) is 28.3. The van der Waals surface area contributed by atoms with E-state index >= 15 is 0 Å². The second-order valence-electron chi connectivity index (χ2n) is 19.3. The van der Waals surface area contributed by atoms with E-state index in [1.54, 1.807) is 6.08 Å². The van der Waals surface area contributed by atoms with Crippen molar-refractivity contribution in [3.63, 3.8) is 0 Å². The molecule has 376 valence electrons. The number of ether oxygens (including phenoxy) is 1. The number of aliphatic hydroxyl groups is 2. The van der Waals surface area contributed by atoms with Crippen LogP contribution in [0.25, 0.3) is 0 Å². The molecule has 0 bridgehead atoms. The quantitative estimate of drug-likeness (QED) is 0.0321. The van der Waals surface area contributed by atoms with Crippen molar-refractivity contribution in [3.05, 3.63) is 36.5 Å². The molecule has 0 aliphatic heterocycles. The largest absolute Gasteiger partial charge is 0.466 e. The summed E-state index contributed by atoms with van der Waals surface area (Å²) in [5, 5.41) is 23.1. The lowest BCUT2D eigenvalue weighted by Gasteiger charge is -2.20. The summed E-state index contributed by atoms with van der Waals surface area (Å²) in [6.07, 6.45) is 65.8. The van der Waals surface area contributed by atoms with E-state index in [9.17, 15) is 19.8 Å². The third kappa shape index (κ3) is 49.5. The molecule has 1 amide bonds. The number of esters is 1. The SMILES string of the molecule is CCCCCCC/C=C\CCCCCCCC(=O)OCCCCCCCCC/C=C\CCCCCCCC(=O)NC(CO)C(O)/C=C/CCCCCCCCCCCCCCCCC. The maximum atomic E-state index is 12.5. The Kier molecular flexibility index (Phi) is 52.1. The summed E-state index contributed by atoms with van der Waals surface area (Å²) in [5.41, 5.74) is 0. The van der Waals surface area contributed by atoms with Gasteiger partial charge < -0.3 is 20.3 Å². The number of hydrogen-bond donors (Lipinski definition) is 3. The van der Waals surface area contributed by atoms with E-state index in [1.807, 2.05) is 6.08 Å². The molecule has 0 fully saturated rings. The fourth-order valence-corrected chi connectivity index (χ4v) is 8.50. The number of amides is 1. The monoisotopic (exact) mass is 900 g/mol. The van der Waals surface area contributed by atoms with E-state index in [4.69, 9.17) is 4.74 Å². The van der Waals surface area contributed by atoms with Crippen LogP contribution in [0, 0.1) is 0 Å². The Hall–Kier alpha value is -1.92. The smallest absolute Gasteiger partial charge is 0.305 e. The fourth-order valence-electron chi connectivity index (χ4n) is 8.50. The highest BCUT2D eigenvalue weighted by Crippen LogP contribution is 2.16. The Balaban J connectivity index is 3.51. The van der Waals surface area contributed by atoms with Gasteiger partial charge in [-0.25, -0.2) is 0 Å². The normalized spacial score (nSPS) is 12.9. The number of unbranched alkanes of at least 4 members (excludes halogenated alkanes) is 37. The standard InChI is InChI=1S/C58H109NO5/c1-3-5-7-9-11-13-15-17-19-20-23-26-30-34-38-42-46-50-56(61)55(54-60)59-57(62)51-47-43-39-35-31-27-24-21-22-25-29-33-37-41-45-49-53-64-58(63)52-48-44-40-36-32-28-18-16-14-12-10-8-6-4-2/h16,18,21,24,46,50,55-56,60-61H,3-15,17,19-20,22-23,25-45,47-49,51-54H2,1-2H3,(H,59,62)/b18-16-,24-21-,50-46+. The molecule has 0 spiro atoms. The molecule has 0 aliphatic rings. The van der Waals surface area contributed by atoms with Crippen LogP contribution in [-0.4, -0.2) is 47.4 Å². The molecule has 64 heavy (non-hydrogen) atoms. The predicted octanol–water partition coefficient (Wildman–Crippen LogP) is 17.2. The van der Waals surface area contributed by atoms with Gasteiger partial charge in [-0.2, -0.15) is 0 Å². The Morgan fingerprint density at radius 1 is 0.422 bits per heavy atom. The number of allylic oxidation sites excluding steroid dienone is 5. The van der Waals surface area contributed by atoms with Gasteiger partial charge in [-0.1, -0.05) is 237 Å². The third-order valence-electron chi connectivity index (χ3n) is 12.9. The van der Waals surface area contributed by atoms with Crippen molar-refractivity contribution in [2.45, 2.75) is 309 Å². The molecule has 0 aromatic heterocycles. The zero-order valence-electron chi connectivity index (χ0n) is 42.8. The minimum atomic E-state index is -0.855. The highest BCUT2D eigenvalue weighted by Gasteiger charge is 2.18. The third-order valence-corrected chi connectivity index (χ3v) is 12.9. The minimum absolute atomic E-state index is 0.0126. The van der Waals surface area contributed by atoms with Gasteiger partial charge in [-0.05, 0) is 83.5 Å². The second-order valence-corrected chi connectivity index (χ2v) is 19.3. The van der Waals surface area contributed by atoms with Gasteiger partial charge in [0, 0.05) is 12.8 Å². The average Bonchev–Trinajstić information content (AvgIpc) is 3.29. The van der Waals surface area contributed by atoms with Crippen molar-refractivity contribution in [1.29, 1.82) is 0 Å². The fraction of sp³-hybridized carbons (Fsp3) is 0.862. The van der Waals surface area contributed by atoms with Crippen LogP contribution in [0.5, 0.6) is 0 Å². The molecule has 0 saturated carbocycles. The highest BCUT2D eigenvalue weighted by atomic mass is 16.5. The summed E-state index contributed by atoms with van der Waals surface area (Å²) in [5.74, 6) is -0.0971. The van der Waals surface area contributed by atoms with Crippen molar-refractivity contribution >= 4 is 11.9 Å². The summed E-state index contributed by atoms with van der Waals surface area (Å²) < 4.78 is 5.46. The molecule has 2 unspecified atom stereocenters. The van der Waals surface area contributed by atoms with E-state index < -0.39 is 12.1 Å². The van der Waals surface area contributed by atoms with Gasteiger partial charge in [0.05, 0.1) is 25.4 Å². The zero-order valence-corrected chi connectivity index (χ0v) is 42.8. The highest BCUT2D eigenvalue weighted by molar-refractivity contribution is 5.76. The van der Waals surface area contributed by atoms with Crippen LogP contribution in [0.4, 0.5) is 0 Å². The van der Waals surface area contributed by atoms with Crippen LogP contribution in [0.15, 0.2) is 36.5 Å². The lowest BCUT2D eigenvalue weighted by molar-refractivity contribution is -0.143. The van der Waals surface area contributed by atoms with Crippen LogP contribution in [0.2, 0.25) is 0 Å². The molecule has 0 aromatic carbocycles. The Labute approximate surface area is 398 Å². The molecule has 0 heterocycles. The van der Waals surface area contributed by atoms with Gasteiger partial charge in [0.2, 0.25) is 5.91 Å². The van der Waals surface area contributed by atoms with Gasteiger partial charge in [0.25, 0.3) is 0 Å². The van der Waals surface area contributed by atoms with Crippen molar-refractivity contribution in [1.82, 2.24) is 5.32 Å². The van der Waals surface area contributed by atoms with Crippen LogP contribution in [0.3, 0.4) is 0 Å². The van der Waals surface area contributed by atoms with Gasteiger partial charge in [0.15, 0.2) is 0 Å². The van der Waals surface area contributed by atoms with Gasteiger partial charge in [0.1, 0.15) is 0 Å². The summed E-state index contributed by atoms with van der Waals surface area (Å²) in [6.45, 7) is 4.87. The van der Waals surface area contributed by atoms with Crippen molar-refractivity contribution in [3.8, 4) is 0 Å². The molecule has 0 rings (SSSR count). The van der Waals surface area contributed by atoms with Crippen LogP contribution >= 0.6 is 0 Å². The second kappa shape index (κ2) is 53.7. The number of rotatable bonds is 52. The molecular weight excluding hydrogens is 791 g/mol. The lowest BCUT2D eigenvalue weighted by atomic mass is 10.0. The molecule has 2 atom stereocenters. The van der Waals surface area contributed by atoms with E-state index in [0.717, 1.165) is 64.2 Å². The minimum Gasteiger partial charge on any atom is -0.466 e. The summed E-state index contributed by atoms with van der Waals surface area (Å²) in [7, 11) is 0. The van der Waals surface area contributed by atoms with Crippen LogP contribution in [-0.2, 0) is 14.3 Å². The maximum absolute atomic E-state index is 12.5. The van der Waals surface area contributed by atoms with E-state index in [1.165, 1.54) is 205 Å². The average molecular weight is 901 g/mol. The Bertz CT molecular complexity index is 1040. The summed E-state index contributed by atoms with van der Waals surface area (Å²) in [6, 6.07) is -0.641. The van der Waals surface area contributed by atoms with Crippen molar-refractivity contribution in [2.24, 2.45) is 0 Å². The summed E-state index contributed by atoms with van der Waals surface area (Å²) >= 11 is 0. The van der Waals surface area contributed by atoms with Gasteiger partial charge >= 0.3 is 5.97 Å². The van der Waals surface area contributed by atoms with Crippen molar-refractivity contribution < 1.29 is 24.5 Å². The lowest BCUT2D eigenvalue weighted by Crippen LogP contribution is -2.45. The first-order chi connectivity index (χ1) is 31.5. The Morgan fingerprint density at radius 2 is 0.734 bits per heavy atom. The number of carbonyl (C=O) groups is 2. The number of carbonyl (C=O) groups excluding carboxylic acids is 2. The van der Waals surface area contributed by atoms with E-state index in [-0.39, 0.29) is 18.5 Å². The van der Waals surface area contributed by atoms with Crippen LogP contribution in [0.1, 0.15) is 296 Å². The van der Waals surface area contributed by atoms with Gasteiger partial charge in [-0.15, -0.1) is 0 Å². The summed E-state index contributed by atoms with van der Waals surface area (Å²) in [4.78, 5) is 24.5. The molecule has 6 nitrogen and oxygen atoms in total. The first-order valence-electron chi connectivity index (χ1n) is 28.3. The number of aliphatic hydroxyl groups excluding tert-OH is 2. The topological polar surface area (TPSA) is 95.9 Å². The molecule has 0 aromatic rings. The number of hydrogen-bond acceptors (Lipinski definition) is 5. The first kappa shape index (κ1) is 62.1. The molecular formula is C58H109NO5. The predicted molar refractivity (Wildman–Crippen MR) is 278 cm³/mol. The van der Waals surface area contributed by atoms with Crippen LogP contribution < -0.4 is 5.32 Å². The van der Waals surface area contributed by atoms with Gasteiger partial charge in [-0.3, -0.25) is 9.59 Å². The van der Waals surface area contributed by atoms with E-state index in [0.29, 0.717) is 19.4 Å². The van der Waals surface area contributed by atoms with E-state index in [2.05, 4.69) is 43.5 Å².